The summed E-state index contributed by atoms with van der Waals surface area (Å²) in [5.41, 5.74) is 1.89. The molecule has 1 unspecified atom stereocenters. The third-order valence-electron chi connectivity index (χ3n) is 5.79. The van der Waals surface area contributed by atoms with Crippen molar-refractivity contribution in [1.29, 1.82) is 0 Å². The van der Waals surface area contributed by atoms with Crippen molar-refractivity contribution in [3.05, 3.63) is 65.5 Å². The highest BCUT2D eigenvalue weighted by Crippen LogP contribution is 2.20. The Kier molecular flexibility index (Phi) is 8.97. The van der Waals surface area contributed by atoms with Gasteiger partial charge in [-0.2, -0.15) is 0 Å². The largest absolute Gasteiger partial charge is 0.497 e. The highest BCUT2D eigenvalue weighted by atomic mass is 32.2. The molecule has 172 valence electrons. The van der Waals surface area contributed by atoms with Gasteiger partial charge in [0, 0.05) is 18.3 Å². The molecule has 0 radical (unpaired) electrons. The van der Waals surface area contributed by atoms with E-state index in [2.05, 4.69) is 5.32 Å². The van der Waals surface area contributed by atoms with Crippen LogP contribution < -0.4 is 10.1 Å². The summed E-state index contributed by atoms with van der Waals surface area (Å²) >= 11 is 1.46. The van der Waals surface area contributed by atoms with Gasteiger partial charge in [-0.3, -0.25) is 9.59 Å². The number of amides is 2. The smallest absolute Gasteiger partial charge is 0.242 e. The van der Waals surface area contributed by atoms with E-state index in [9.17, 15) is 14.0 Å². The van der Waals surface area contributed by atoms with Crippen LogP contribution in [-0.4, -0.2) is 41.7 Å². The van der Waals surface area contributed by atoms with Gasteiger partial charge in [0.1, 0.15) is 17.6 Å². The van der Waals surface area contributed by atoms with Crippen molar-refractivity contribution in [2.24, 2.45) is 0 Å². The second-order valence-electron chi connectivity index (χ2n) is 8.15. The van der Waals surface area contributed by atoms with Crippen molar-refractivity contribution in [1.82, 2.24) is 10.2 Å². The Hall–Kier alpha value is -2.54. The third-order valence-corrected chi connectivity index (χ3v) is 6.78. The fourth-order valence-corrected chi connectivity index (χ4v) is 4.69. The van der Waals surface area contributed by atoms with Crippen LogP contribution in [0.25, 0.3) is 0 Å². The van der Waals surface area contributed by atoms with Gasteiger partial charge in [0.25, 0.3) is 0 Å². The molecular formula is C25H31FN2O3S. The first-order chi connectivity index (χ1) is 15.5. The number of halogens is 1. The molecule has 2 aromatic rings. The lowest BCUT2D eigenvalue weighted by molar-refractivity contribution is -0.138. The first-order valence-corrected chi connectivity index (χ1v) is 12.2. The summed E-state index contributed by atoms with van der Waals surface area (Å²) < 4.78 is 18.3. The zero-order valence-electron chi connectivity index (χ0n) is 18.7. The molecule has 1 fully saturated rings. The molecule has 2 amide bonds. The second kappa shape index (κ2) is 11.9. The molecule has 32 heavy (non-hydrogen) atoms. The van der Waals surface area contributed by atoms with Gasteiger partial charge in [0.05, 0.1) is 12.9 Å². The van der Waals surface area contributed by atoms with Crippen LogP contribution in [-0.2, 0) is 21.9 Å². The highest BCUT2D eigenvalue weighted by molar-refractivity contribution is 7.99. The molecule has 0 aliphatic heterocycles. The lowest BCUT2D eigenvalue weighted by Gasteiger charge is -2.29. The molecule has 1 aliphatic carbocycles. The summed E-state index contributed by atoms with van der Waals surface area (Å²) in [7, 11) is 1.61. The van der Waals surface area contributed by atoms with E-state index < -0.39 is 6.04 Å². The van der Waals surface area contributed by atoms with E-state index in [4.69, 9.17) is 4.74 Å². The molecule has 1 aliphatic rings. The lowest BCUT2D eigenvalue weighted by atomic mass is 10.1. The zero-order chi connectivity index (χ0) is 22.9. The molecule has 3 rings (SSSR count). The maximum Gasteiger partial charge on any atom is 0.242 e. The molecule has 7 heteroatoms. The van der Waals surface area contributed by atoms with Crippen LogP contribution in [0, 0.1) is 5.82 Å². The van der Waals surface area contributed by atoms with Gasteiger partial charge in [-0.05, 0) is 55.2 Å². The van der Waals surface area contributed by atoms with Crippen molar-refractivity contribution in [3.8, 4) is 5.75 Å². The molecule has 0 bridgehead atoms. The summed E-state index contributed by atoms with van der Waals surface area (Å²) in [5, 5.41) is 3.11. The van der Waals surface area contributed by atoms with Crippen molar-refractivity contribution in [3.63, 3.8) is 0 Å². The summed E-state index contributed by atoms with van der Waals surface area (Å²) in [4.78, 5) is 27.7. The number of hydrogen-bond donors (Lipinski definition) is 1. The quantitative estimate of drug-likeness (QED) is 0.568. The number of benzene rings is 2. The summed E-state index contributed by atoms with van der Waals surface area (Å²) in [6.07, 6.45) is 4.26. The standard InChI is InChI=1S/C25H31FN2O3S/c1-18(25(30)27-22-5-3-4-6-22)28(15-19-9-13-23(31-2)14-10-19)24(29)17-32-16-20-7-11-21(26)12-8-20/h7-14,18,22H,3-6,15-17H2,1-2H3,(H,27,30). The number of nitrogens with one attached hydrogen (secondary N) is 1. The van der Waals surface area contributed by atoms with Gasteiger partial charge in [0.2, 0.25) is 11.8 Å². The van der Waals surface area contributed by atoms with Gasteiger partial charge < -0.3 is 15.0 Å². The Morgan fingerprint density at radius 2 is 1.72 bits per heavy atom. The summed E-state index contributed by atoms with van der Waals surface area (Å²) in [6, 6.07) is 13.4. The first-order valence-electron chi connectivity index (χ1n) is 11.0. The van der Waals surface area contributed by atoms with E-state index in [-0.39, 0.29) is 29.4 Å². The van der Waals surface area contributed by atoms with E-state index in [0.29, 0.717) is 12.3 Å². The lowest BCUT2D eigenvalue weighted by Crippen LogP contribution is -2.50. The SMILES string of the molecule is COc1ccc(CN(C(=O)CSCc2ccc(F)cc2)C(C)C(=O)NC2CCCC2)cc1. The zero-order valence-corrected chi connectivity index (χ0v) is 19.5. The Bertz CT molecular complexity index is 883. The molecule has 0 saturated heterocycles. The van der Waals surface area contributed by atoms with Crippen LogP contribution >= 0.6 is 11.8 Å². The molecule has 1 saturated carbocycles. The van der Waals surface area contributed by atoms with Crippen molar-refractivity contribution < 1.29 is 18.7 Å². The van der Waals surface area contributed by atoms with Gasteiger partial charge in [0.15, 0.2) is 0 Å². The van der Waals surface area contributed by atoms with Crippen LogP contribution in [0.15, 0.2) is 48.5 Å². The highest BCUT2D eigenvalue weighted by Gasteiger charge is 2.28. The fraction of sp³-hybridized carbons (Fsp3) is 0.440. The molecular weight excluding hydrogens is 427 g/mol. The van der Waals surface area contributed by atoms with Crippen molar-refractivity contribution in [2.45, 2.75) is 57.0 Å². The number of rotatable bonds is 10. The van der Waals surface area contributed by atoms with Crippen LogP contribution in [0.4, 0.5) is 4.39 Å². The van der Waals surface area contributed by atoms with E-state index in [1.807, 2.05) is 24.3 Å². The second-order valence-corrected chi connectivity index (χ2v) is 9.14. The maximum absolute atomic E-state index is 13.1. The molecule has 5 nitrogen and oxygen atoms in total. The molecule has 1 N–H and O–H groups in total. The average Bonchev–Trinajstić information content (AvgIpc) is 3.31. The number of thioether (sulfide) groups is 1. The Morgan fingerprint density at radius 1 is 1.09 bits per heavy atom. The minimum absolute atomic E-state index is 0.0954. The topological polar surface area (TPSA) is 58.6 Å². The minimum atomic E-state index is -0.573. The van der Waals surface area contributed by atoms with Gasteiger partial charge in [-0.15, -0.1) is 11.8 Å². The van der Waals surface area contributed by atoms with E-state index in [1.54, 1.807) is 31.1 Å². The van der Waals surface area contributed by atoms with Crippen LogP contribution in [0.1, 0.15) is 43.7 Å². The van der Waals surface area contributed by atoms with E-state index in [1.165, 1.54) is 23.9 Å². The molecule has 0 aromatic heterocycles. The maximum atomic E-state index is 13.1. The van der Waals surface area contributed by atoms with Crippen LogP contribution in [0.5, 0.6) is 5.75 Å². The number of ether oxygens (including phenoxy) is 1. The van der Waals surface area contributed by atoms with Crippen LogP contribution in [0.3, 0.4) is 0 Å². The van der Waals surface area contributed by atoms with Gasteiger partial charge in [-0.25, -0.2) is 4.39 Å². The molecule has 2 aromatic carbocycles. The van der Waals surface area contributed by atoms with E-state index in [0.717, 1.165) is 42.6 Å². The van der Waals surface area contributed by atoms with Crippen LogP contribution in [0.2, 0.25) is 0 Å². The third kappa shape index (κ3) is 6.99. The molecule has 1 atom stereocenters. The molecule has 0 heterocycles. The molecule has 0 spiro atoms. The Labute approximate surface area is 193 Å². The Morgan fingerprint density at radius 3 is 2.34 bits per heavy atom. The number of carbonyl (C=O) groups excluding carboxylic acids is 2. The van der Waals surface area contributed by atoms with Gasteiger partial charge >= 0.3 is 0 Å². The summed E-state index contributed by atoms with van der Waals surface area (Å²) in [6.45, 7) is 2.13. The fourth-order valence-electron chi connectivity index (χ4n) is 3.82. The predicted octanol–water partition coefficient (Wildman–Crippen LogP) is 4.54. The van der Waals surface area contributed by atoms with Gasteiger partial charge in [-0.1, -0.05) is 37.1 Å². The number of methoxy groups -OCH3 is 1. The number of carbonyl (C=O) groups is 2. The predicted molar refractivity (Wildman–Crippen MR) is 126 cm³/mol. The average molecular weight is 459 g/mol. The van der Waals surface area contributed by atoms with E-state index >= 15 is 0 Å². The van der Waals surface area contributed by atoms with Crippen molar-refractivity contribution >= 4 is 23.6 Å². The number of nitrogens with zero attached hydrogens (tertiary/aromatic N) is 1. The normalized spacial score (nSPS) is 14.7. The Balaban J connectivity index is 1.65. The monoisotopic (exact) mass is 458 g/mol. The number of hydrogen-bond acceptors (Lipinski definition) is 4. The first kappa shape index (κ1) is 24.1. The minimum Gasteiger partial charge on any atom is -0.497 e. The summed E-state index contributed by atoms with van der Waals surface area (Å²) in [5.74, 6) is 1.11. The van der Waals surface area contributed by atoms with Crippen molar-refractivity contribution in [2.75, 3.05) is 12.9 Å².